The van der Waals surface area contributed by atoms with Crippen LogP contribution >= 0.6 is 0 Å². The van der Waals surface area contributed by atoms with Crippen molar-refractivity contribution in [2.45, 2.75) is 32.1 Å². The van der Waals surface area contributed by atoms with Gasteiger partial charge in [0.2, 0.25) is 0 Å². The molecule has 22 aliphatic carbocycles. The maximum atomic E-state index is 1.66. The molecule has 22 aliphatic rings. The monoisotopic (exact) mass is 616 g/mol. The number of rotatable bonds is 0. The standard InChI is InChI=1S/C47H52/c1-2-6-7(3-1)11-10(6)14-15(11)19-18(14)22-23(19)27-26(22)30-31(27)35-34(30)38-39(35)43-42(38)46-44-40-36-32-28-24-20-16-12-8-4-5-9(8)13(12)17(16)21(20)25(24)29(28)33(32)37(36)41(40)45(44)47(43)46/h6-47H,1-5H2. The van der Waals surface area contributed by atoms with Crippen molar-refractivity contribution in [1.29, 1.82) is 0 Å². The minimum Gasteiger partial charge on any atom is -0.0527 e. The molecule has 22 fully saturated rings. The van der Waals surface area contributed by atoms with E-state index in [1.54, 1.807) is 32.1 Å². The Bertz CT molecular complexity index is 1710. The van der Waals surface area contributed by atoms with Crippen molar-refractivity contribution < 1.29 is 0 Å². The van der Waals surface area contributed by atoms with Crippen molar-refractivity contribution in [2.75, 3.05) is 0 Å². The fourth-order valence-electron chi connectivity index (χ4n) is 30.1. The third-order valence-corrected chi connectivity index (χ3v) is 29.4. The second-order valence-electron chi connectivity index (χ2n) is 26.1. The maximum Gasteiger partial charge on any atom is -0.0312 e. The van der Waals surface area contributed by atoms with Crippen LogP contribution in [0.15, 0.2) is 0 Å². The second kappa shape index (κ2) is 5.43. The average Bonchev–Trinajstić information content (AvgIpc) is 3.40. The average molecular weight is 617 g/mol. The van der Waals surface area contributed by atoms with Crippen LogP contribution < -0.4 is 0 Å². The summed E-state index contributed by atoms with van der Waals surface area (Å²) in [4.78, 5) is 0. The van der Waals surface area contributed by atoms with Gasteiger partial charge in [0.15, 0.2) is 0 Å². The van der Waals surface area contributed by atoms with Crippen molar-refractivity contribution in [3.8, 4) is 0 Å². The number of hydrogen-bond donors (Lipinski definition) is 0. The summed E-state index contributed by atoms with van der Waals surface area (Å²) in [7, 11) is 0. The lowest BCUT2D eigenvalue weighted by Gasteiger charge is -3.01. The molecular formula is C47H52. The zero-order chi connectivity index (χ0) is 27.8. The van der Waals surface area contributed by atoms with Crippen LogP contribution in [0.3, 0.4) is 0 Å². The van der Waals surface area contributed by atoms with Gasteiger partial charge in [-0.2, -0.15) is 0 Å². The molecule has 0 radical (unpaired) electrons. The van der Waals surface area contributed by atoms with Gasteiger partial charge >= 0.3 is 0 Å². The van der Waals surface area contributed by atoms with Gasteiger partial charge < -0.3 is 0 Å². The van der Waals surface area contributed by atoms with Crippen LogP contribution in [0.5, 0.6) is 0 Å². The molecule has 0 aliphatic heterocycles. The number of hydrogen-bond acceptors (Lipinski definition) is 0. The molecule has 0 N–H and O–H groups in total. The summed E-state index contributed by atoms with van der Waals surface area (Å²) in [5.74, 6) is 55.2. The van der Waals surface area contributed by atoms with Crippen molar-refractivity contribution >= 4 is 0 Å². The van der Waals surface area contributed by atoms with Crippen molar-refractivity contribution in [1.82, 2.24) is 0 Å². The van der Waals surface area contributed by atoms with E-state index in [4.69, 9.17) is 0 Å². The molecule has 47 heavy (non-hydrogen) atoms. The second-order valence-corrected chi connectivity index (χ2v) is 26.1. The van der Waals surface area contributed by atoms with E-state index < -0.39 is 0 Å². The highest BCUT2D eigenvalue weighted by Crippen LogP contribution is 3.02. The smallest absolute Gasteiger partial charge is 0.0312 e. The Labute approximate surface area is 279 Å². The van der Waals surface area contributed by atoms with Gasteiger partial charge in [0.1, 0.15) is 0 Å². The first kappa shape index (κ1) is 21.5. The van der Waals surface area contributed by atoms with E-state index in [1.165, 1.54) is 249 Å². The Hall–Kier alpha value is 0. The summed E-state index contributed by atoms with van der Waals surface area (Å²) in [5, 5.41) is 0. The minimum absolute atomic E-state index is 1.25. The van der Waals surface area contributed by atoms with Gasteiger partial charge in [-0.25, -0.2) is 0 Å². The fraction of sp³-hybridized carbons (Fsp3) is 1.00. The molecule has 0 aromatic heterocycles. The highest BCUT2D eigenvalue weighted by atomic mass is 15.0. The van der Waals surface area contributed by atoms with Crippen LogP contribution in [-0.2, 0) is 0 Å². The third-order valence-electron chi connectivity index (χ3n) is 29.4. The topological polar surface area (TPSA) is 0 Å². The zero-order valence-corrected chi connectivity index (χ0v) is 27.8. The Morgan fingerprint density at radius 2 is 0.255 bits per heavy atom. The van der Waals surface area contributed by atoms with Gasteiger partial charge in [0.25, 0.3) is 0 Å². The molecule has 22 saturated carbocycles. The first-order valence-electron chi connectivity index (χ1n) is 23.5. The van der Waals surface area contributed by atoms with Crippen molar-refractivity contribution in [3.63, 3.8) is 0 Å². The molecule has 0 saturated heterocycles. The quantitative estimate of drug-likeness (QED) is 0.255. The molecule has 0 heterocycles. The van der Waals surface area contributed by atoms with E-state index in [9.17, 15) is 0 Å². The molecular weight excluding hydrogens is 565 g/mol. The van der Waals surface area contributed by atoms with Crippen LogP contribution in [-0.4, -0.2) is 0 Å². The highest BCUT2D eigenvalue weighted by molar-refractivity contribution is 5.45. The van der Waals surface area contributed by atoms with Crippen molar-refractivity contribution in [2.24, 2.45) is 249 Å². The summed E-state index contributed by atoms with van der Waals surface area (Å²) in [5.41, 5.74) is 0. The Kier molecular flexibility index (Phi) is 2.48. The van der Waals surface area contributed by atoms with E-state index in [0.29, 0.717) is 0 Å². The van der Waals surface area contributed by atoms with Gasteiger partial charge in [0, 0.05) is 0 Å². The molecule has 0 nitrogen and oxygen atoms in total. The molecule has 0 heteroatoms. The summed E-state index contributed by atoms with van der Waals surface area (Å²) in [6.07, 6.45) is 8.25. The largest absolute Gasteiger partial charge is 0.0527 e. The summed E-state index contributed by atoms with van der Waals surface area (Å²) in [6, 6.07) is 0. The van der Waals surface area contributed by atoms with E-state index in [0.717, 1.165) is 0 Å². The first-order valence-corrected chi connectivity index (χ1v) is 23.5. The normalized spacial score (nSPS) is 99.1. The van der Waals surface area contributed by atoms with Crippen LogP contribution in [0.25, 0.3) is 0 Å². The molecule has 0 aromatic rings. The Balaban J connectivity index is 0.542. The van der Waals surface area contributed by atoms with Crippen LogP contribution in [0, 0.1) is 249 Å². The van der Waals surface area contributed by atoms with Gasteiger partial charge in [-0.15, -0.1) is 0 Å². The van der Waals surface area contributed by atoms with Gasteiger partial charge in [0.05, 0.1) is 0 Å². The summed E-state index contributed by atoms with van der Waals surface area (Å²) < 4.78 is 0. The van der Waals surface area contributed by atoms with Gasteiger partial charge in [-0.05, 0) is 274 Å². The summed E-state index contributed by atoms with van der Waals surface area (Å²) in [6.45, 7) is 0. The molecule has 240 valence electrons. The molecule has 42 unspecified atom stereocenters. The van der Waals surface area contributed by atoms with Gasteiger partial charge in [-0.3, -0.25) is 0 Å². The first-order chi connectivity index (χ1) is 23.5. The predicted octanol–water partition coefficient (Wildman–Crippen LogP) is 7.12. The molecule has 0 amide bonds. The maximum absolute atomic E-state index is 1.66. The lowest BCUT2D eigenvalue weighted by Crippen LogP contribution is -2.98. The molecule has 0 spiro atoms. The molecule has 42 atom stereocenters. The summed E-state index contributed by atoms with van der Waals surface area (Å²) >= 11 is 0. The van der Waals surface area contributed by atoms with E-state index in [1.807, 2.05) is 0 Å². The van der Waals surface area contributed by atoms with E-state index >= 15 is 0 Å². The Morgan fingerprint density at radius 3 is 0.404 bits per heavy atom. The lowest BCUT2D eigenvalue weighted by molar-refractivity contribution is -0.547. The Morgan fingerprint density at radius 1 is 0.128 bits per heavy atom. The fourth-order valence-corrected chi connectivity index (χ4v) is 30.1. The molecule has 0 aromatic carbocycles. The molecule has 0 bridgehead atoms. The lowest BCUT2D eigenvalue weighted by atomic mass is 9.03. The minimum atomic E-state index is 1.25. The van der Waals surface area contributed by atoms with E-state index in [-0.39, 0.29) is 0 Å². The van der Waals surface area contributed by atoms with Crippen LogP contribution in [0.1, 0.15) is 32.1 Å². The van der Waals surface area contributed by atoms with Crippen molar-refractivity contribution in [3.05, 3.63) is 0 Å². The van der Waals surface area contributed by atoms with E-state index in [2.05, 4.69) is 0 Å². The third kappa shape index (κ3) is 1.37. The number of fused-ring (bicyclic) bond motifs is 61. The molecule has 22 rings (SSSR count). The highest BCUT2D eigenvalue weighted by Gasteiger charge is 2.99. The van der Waals surface area contributed by atoms with Crippen LogP contribution in [0.2, 0.25) is 0 Å². The SMILES string of the molecule is C1CC2C(C1)C1C2C2C1C1C2C2C1C1C2C2C1C1C2C2C1C1C2C2C3C4C5C6C7C8C9C%10C%11C%12CCC%12C%11C%10C9C8C7C6C5C4C3C12. The van der Waals surface area contributed by atoms with Crippen LogP contribution in [0.4, 0.5) is 0 Å². The van der Waals surface area contributed by atoms with Gasteiger partial charge in [-0.1, -0.05) is 6.42 Å². The zero-order valence-electron chi connectivity index (χ0n) is 27.8. The predicted molar refractivity (Wildman–Crippen MR) is 170 cm³/mol.